The zero-order valence-electron chi connectivity index (χ0n) is 9.47. The Labute approximate surface area is 119 Å². The van der Waals surface area contributed by atoms with Crippen LogP contribution in [0.1, 0.15) is 0 Å². The molecule has 0 N–H and O–H groups in total. The van der Waals surface area contributed by atoms with E-state index in [1.807, 2.05) is 48.5 Å². The molecular formula is C14H10INO2. The summed E-state index contributed by atoms with van der Waals surface area (Å²) in [4.78, 5) is 13.8. The number of amides is 1. The Hall–Kier alpha value is -1.56. The van der Waals surface area contributed by atoms with Crippen molar-refractivity contribution in [1.82, 2.24) is 0 Å². The number of para-hydroxylation sites is 1. The number of carbonyl (C=O) groups is 1. The second-order valence-corrected chi connectivity index (χ2v) is 5.21. The predicted molar refractivity (Wildman–Crippen MR) is 78.2 cm³/mol. The van der Waals surface area contributed by atoms with Crippen LogP contribution in [-0.4, -0.2) is 12.5 Å². The van der Waals surface area contributed by atoms with E-state index < -0.39 is 0 Å². The van der Waals surface area contributed by atoms with Crippen molar-refractivity contribution in [3.05, 3.63) is 52.1 Å². The molecule has 0 aromatic heterocycles. The summed E-state index contributed by atoms with van der Waals surface area (Å²) in [6.07, 6.45) is 0. The monoisotopic (exact) mass is 351 g/mol. The molecule has 0 saturated carbocycles. The smallest absolute Gasteiger partial charge is 0.269 e. The largest absolute Gasteiger partial charge is 0.482 e. The Morgan fingerprint density at radius 2 is 1.89 bits per heavy atom. The minimum absolute atomic E-state index is 0.0456. The number of hydrogen-bond donors (Lipinski definition) is 0. The molecule has 2 aromatic rings. The first-order valence-corrected chi connectivity index (χ1v) is 6.64. The summed E-state index contributed by atoms with van der Waals surface area (Å²) >= 11 is 2.23. The summed E-state index contributed by atoms with van der Waals surface area (Å²) < 4.78 is 6.52. The summed E-state index contributed by atoms with van der Waals surface area (Å²) in [5.74, 6) is 0.703. The summed E-state index contributed by atoms with van der Waals surface area (Å²) in [5.41, 5.74) is 1.68. The maximum atomic E-state index is 12.1. The van der Waals surface area contributed by atoms with Gasteiger partial charge in [0.25, 0.3) is 5.91 Å². The Morgan fingerprint density at radius 1 is 1.11 bits per heavy atom. The molecular weight excluding hydrogens is 341 g/mol. The van der Waals surface area contributed by atoms with Crippen molar-refractivity contribution in [1.29, 1.82) is 0 Å². The third-order valence-corrected chi connectivity index (χ3v) is 3.45. The quantitative estimate of drug-likeness (QED) is 0.738. The highest BCUT2D eigenvalue weighted by atomic mass is 127. The van der Waals surface area contributed by atoms with Crippen LogP contribution in [0.25, 0.3) is 0 Å². The van der Waals surface area contributed by atoms with Gasteiger partial charge in [-0.25, -0.2) is 0 Å². The van der Waals surface area contributed by atoms with Gasteiger partial charge in [-0.2, -0.15) is 0 Å². The number of halogens is 1. The SMILES string of the molecule is O=C1COc2ccc(I)cc2N1c1ccccc1. The summed E-state index contributed by atoms with van der Waals surface area (Å²) in [7, 11) is 0. The fourth-order valence-electron chi connectivity index (χ4n) is 1.99. The second-order valence-electron chi connectivity index (χ2n) is 3.97. The average Bonchev–Trinajstić information content (AvgIpc) is 2.39. The molecule has 1 heterocycles. The van der Waals surface area contributed by atoms with Gasteiger partial charge < -0.3 is 4.74 Å². The van der Waals surface area contributed by atoms with Gasteiger partial charge in [0.15, 0.2) is 6.61 Å². The molecule has 90 valence electrons. The molecule has 18 heavy (non-hydrogen) atoms. The van der Waals surface area contributed by atoms with Crippen molar-refractivity contribution in [3.8, 4) is 5.75 Å². The van der Waals surface area contributed by atoms with E-state index in [0.29, 0.717) is 0 Å². The molecule has 1 aliphatic heterocycles. The normalized spacial score (nSPS) is 14.1. The number of carbonyl (C=O) groups excluding carboxylic acids is 1. The van der Waals surface area contributed by atoms with Crippen LogP contribution in [-0.2, 0) is 4.79 Å². The molecule has 0 saturated heterocycles. The van der Waals surface area contributed by atoms with Crippen LogP contribution in [0.4, 0.5) is 11.4 Å². The number of benzene rings is 2. The van der Waals surface area contributed by atoms with Crippen molar-refractivity contribution in [2.24, 2.45) is 0 Å². The van der Waals surface area contributed by atoms with E-state index in [9.17, 15) is 4.79 Å². The lowest BCUT2D eigenvalue weighted by Gasteiger charge is -2.29. The first-order chi connectivity index (χ1) is 8.75. The number of hydrogen-bond acceptors (Lipinski definition) is 2. The molecule has 0 spiro atoms. The average molecular weight is 351 g/mol. The second kappa shape index (κ2) is 4.61. The maximum absolute atomic E-state index is 12.1. The summed E-state index contributed by atoms with van der Waals surface area (Å²) in [6, 6.07) is 15.5. The summed E-state index contributed by atoms with van der Waals surface area (Å²) in [5, 5.41) is 0. The number of nitrogens with zero attached hydrogens (tertiary/aromatic N) is 1. The lowest BCUT2D eigenvalue weighted by Crippen LogP contribution is -2.35. The van der Waals surface area contributed by atoms with E-state index in [-0.39, 0.29) is 12.5 Å². The van der Waals surface area contributed by atoms with Crippen LogP contribution < -0.4 is 9.64 Å². The van der Waals surface area contributed by atoms with Crippen molar-refractivity contribution in [2.45, 2.75) is 0 Å². The number of ether oxygens (including phenoxy) is 1. The minimum Gasteiger partial charge on any atom is -0.482 e. The van der Waals surface area contributed by atoms with Gasteiger partial charge in [0.2, 0.25) is 0 Å². The minimum atomic E-state index is -0.0456. The molecule has 2 aromatic carbocycles. The maximum Gasteiger partial charge on any atom is 0.269 e. The third kappa shape index (κ3) is 1.96. The van der Waals surface area contributed by atoms with Gasteiger partial charge in [-0.05, 0) is 52.9 Å². The third-order valence-electron chi connectivity index (χ3n) is 2.78. The van der Waals surface area contributed by atoms with Gasteiger partial charge in [-0.15, -0.1) is 0 Å². The highest BCUT2D eigenvalue weighted by Gasteiger charge is 2.26. The lowest BCUT2D eigenvalue weighted by atomic mass is 10.2. The first-order valence-electron chi connectivity index (χ1n) is 5.56. The van der Waals surface area contributed by atoms with Crippen LogP contribution in [0.5, 0.6) is 5.75 Å². The van der Waals surface area contributed by atoms with Gasteiger partial charge in [-0.3, -0.25) is 9.69 Å². The Morgan fingerprint density at radius 3 is 2.67 bits per heavy atom. The van der Waals surface area contributed by atoms with Crippen LogP contribution in [0.15, 0.2) is 48.5 Å². The number of anilines is 2. The highest BCUT2D eigenvalue weighted by Crippen LogP contribution is 2.37. The topological polar surface area (TPSA) is 29.5 Å². The van der Waals surface area contributed by atoms with Crippen LogP contribution in [0, 0.1) is 3.57 Å². The van der Waals surface area contributed by atoms with Crippen molar-refractivity contribution in [2.75, 3.05) is 11.5 Å². The number of fused-ring (bicyclic) bond motifs is 1. The zero-order chi connectivity index (χ0) is 12.5. The first kappa shape index (κ1) is 11.5. The van der Waals surface area contributed by atoms with Crippen LogP contribution >= 0.6 is 22.6 Å². The van der Waals surface area contributed by atoms with Gasteiger partial charge in [0.1, 0.15) is 5.75 Å². The Bertz CT molecular complexity index is 598. The molecule has 1 aliphatic rings. The van der Waals surface area contributed by atoms with Crippen LogP contribution in [0.3, 0.4) is 0 Å². The van der Waals surface area contributed by atoms with E-state index in [0.717, 1.165) is 20.7 Å². The van der Waals surface area contributed by atoms with E-state index >= 15 is 0 Å². The van der Waals surface area contributed by atoms with Crippen molar-refractivity contribution < 1.29 is 9.53 Å². The molecule has 0 radical (unpaired) electrons. The molecule has 0 aliphatic carbocycles. The standard InChI is InChI=1S/C14H10INO2/c15-10-6-7-13-12(8-10)16(14(17)9-18-13)11-4-2-1-3-5-11/h1-8H,9H2. The lowest BCUT2D eigenvalue weighted by molar-refractivity contribution is -0.120. The van der Waals surface area contributed by atoms with E-state index in [4.69, 9.17) is 4.74 Å². The summed E-state index contributed by atoms with van der Waals surface area (Å²) in [6.45, 7) is 0.0858. The molecule has 0 fully saturated rings. The molecule has 0 bridgehead atoms. The van der Waals surface area contributed by atoms with E-state index in [1.165, 1.54) is 0 Å². The molecule has 0 unspecified atom stereocenters. The predicted octanol–water partition coefficient (Wildman–Crippen LogP) is 3.35. The van der Waals surface area contributed by atoms with Gasteiger partial charge in [-0.1, -0.05) is 18.2 Å². The Balaban J connectivity index is 2.15. The Kier molecular flexibility index (Phi) is 2.95. The van der Waals surface area contributed by atoms with Gasteiger partial charge >= 0.3 is 0 Å². The molecule has 3 nitrogen and oxygen atoms in total. The fourth-order valence-corrected chi connectivity index (χ4v) is 2.46. The molecule has 1 amide bonds. The van der Waals surface area contributed by atoms with Gasteiger partial charge in [0, 0.05) is 9.26 Å². The molecule has 4 heteroatoms. The van der Waals surface area contributed by atoms with Crippen molar-refractivity contribution in [3.63, 3.8) is 0 Å². The van der Waals surface area contributed by atoms with E-state index in [1.54, 1.807) is 4.90 Å². The van der Waals surface area contributed by atoms with Gasteiger partial charge in [0.05, 0.1) is 5.69 Å². The molecule has 3 rings (SSSR count). The van der Waals surface area contributed by atoms with Crippen LogP contribution in [0.2, 0.25) is 0 Å². The van der Waals surface area contributed by atoms with Crippen molar-refractivity contribution >= 4 is 39.9 Å². The fraction of sp³-hybridized carbons (Fsp3) is 0.0714. The van der Waals surface area contributed by atoms with E-state index in [2.05, 4.69) is 22.6 Å². The zero-order valence-corrected chi connectivity index (χ0v) is 11.6. The molecule has 0 atom stereocenters. The highest BCUT2D eigenvalue weighted by molar-refractivity contribution is 14.1. The number of rotatable bonds is 1.